The minimum atomic E-state index is -0.157. The van der Waals surface area contributed by atoms with Gasteiger partial charge in [-0.2, -0.15) is 5.10 Å². The number of para-hydroxylation sites is 1. The van der Waals surface area contributed by atoms with E-state index in [-0.39, 0.29) is 11.9 Å². The van der Waals surface area contributed by atoms with Crippen LogP contribution in [-0.2, 0) is 4.79 Å². The minimum Gasteiger partial charge on any atom is -0.346 e. The Balaban J connectivity index is 1.61. The highest BCUT2D eigenvalue weighted by atomic mass is 35.5. The molecule has 5 heteroatoms. The molecule has 4 nitrogen and oxygen atoms in total. The maximum absolute atomic E-state index is 12.1. The van der Waals surface area contributed by atoms with E-state index >= 15 is 0 Å². The monoisotopic (exact) mass is 351 g/mol. The maximum atomic E-state index is 12.1. The van der Waals surface area contributed by atoms with Crippen LogP contribution in [0.25, 0.3) is 11.8 Å². The van der Waals surface area contributed by atoms with E-state index in [2.05, 4.69) is 10.4 Å². The second-order valence-electron chi connectivity index (χ2n) is 5.67. The third-order valence-electron chi connectivity index (χ3n) is 3.78. The predicted molar refractivity (Wildman–Crippen MR) is 101 cm³/mol. The molecule has 2 aromatic carbocycles. The van der Waals surface area contributed by atoms with Gasteiger partial charge in [-0.25, -0.2) is 4.68 Å². The van der Waals surface area contributed by atoms with E-state index in [1.54, 1.807) is 17.0 Å². The normalized spacial score (nSPS) is 12.2. The molecule has 126 valence electrons. The molecule has 0 saturated carbocycles. The number of nitrogens with zero attached hydrogens (tertiary/aromatic N) is 2. The summed E-state index contributed by atoms with van der Waals surface area (Å²) in [5.41, 5.74) is 2.84. The van der Waals surface area contributed by atoms with Crippen LogP contribution < -0.4 is 5.32 Å². The highest BCUT2D eigenvalue weighted by Crippen LogP contribution is 2.16. The number of nitrogens with one attached hydrogen (secondary N) is 1. The molecule has 3 aromatic rings. The summed E-state index contributed by atoms with van der Waals surface area (Å²) in [7, 11) is 0. The lowest BCUT2D eigenvalue weighted by Crippen LogP contribution is -2.24. The fourth-order valence-corrected chi connectivity index (χ4v) is 2.54. The van der Waals surface area contributed by atoms with Crippen LogP contribution in [0.3, 0.4) is 0 Å². The number of carbonyl (C=O) groups excluding carboxylic acids is 1. The van der Waals surface area contributed by atoms with Gasteiger partial charge in [-0.15, -0.1) is 0 Å². The molecule has 0 spiro atoms. The number of rotatable bonds is 5. The standard InChI is InChI=1S/C20H18ClN3O/c1-15(17-8-10-18(21)11-9-17)23-20(25)12-7-16-13-22-24(14-16)19-5-3-2-4-6-19/h2-15H,1H3,(H,23,25)/b12-7+/t15-/m0/s1. The van der Waals surface area contributed by atoms with E-state index in [0.29, 0.717) is 5.02 Å². The Bertz CT molecular complexity index is 869. The molecule has 0 aliphatic carbocycles. The first-order valence-corrected chi connectivity index (χ1v) is 8.34. The summed E-state index contributed by atoms with van der Waals surface area (Å²) in [5.74, 6) is -0.157. The molecule has 1 amide bonds. The average Bonchev–Trinajstić information content (AvgIpc) is 3.10. The largest absolute Gasteiger partial charge is 0.346 e. The van der Waals surface area contributed by atoms with Crippen molar-refractivity contribution in [2.45, 2.75) is 13.0 Å². The molecular formula is C20H18ClN3O. The van der Waals surface area contributed by atoms with Crippen molar-refractivity contribution in [3.05, 3.63) is 89.2 Å². The Morgan fingerprint density at radius 1 is 1.16 bits per heavy atom. The molecule has 0 fully saturated rings. The first-order valence-electron chi connectivity index (χ1n) is 7.96. The van der Waals surface area contributed by atoms with Crippen LogP contribution in [0, 0.1) is 0 Å². The van der Waals surface area contributed by atoms with Gasteiger partial charge in [0, 0.05) is 22.9 Å². The molecule has 0 radical (unpaired) electrons. The van der Waals surface area contributed by atoms with Gasteiger partial charge in [-0.3, -0.25) is 4.79 Å². The lowest BCUT2D eigenvalue weighted by atomic mass is 10.1. The number of amides is 1. The predicted octanol–water partition coefficient (Wildman–Crippen LogP) is 4.42. The van der Waals surface area contributed by atoms with Crippen molar-refractivity contribution < 1.29 is 4.79 Å². The van der Waals surface area contributed by atoms with E-state index in [4.69, 9.17) is 11.6 Å². The van der Waals surface area contributed by atoms with Gasteiger partial charge in [0.05, 0.1) is 17.9 Å². The number of halogens is 1. The number of aromatic nitrogens is 2. The summed E-state index contributed by atoms with van der Waals surface area (Å²) in [5, 5.41) is 7.91. The topological polar surface area (TPSA) is 46.9 Å². The zero-order valence-electron chi connectivity index (χ0n) is 13.8. The van der Waals surface area contributed by atoms with Crippen molar-refractivity contribution in [1.82, 2.24) is 15.1 Å². The second-order valence-corrected chi connectivity index (χ2v) is 6.11. The van der Waals surface area contributed by atoms with Crippen LogP contribution in [0.5, 0.6) is 0 Å². The zero-order valence-corrected chi connectivity index (χ0v) is 14.5. The molecule has 1 atom stereocenters. The summed E-state index contributed by atoms with van der Waals surface area (Å²) in [6.45, 7) is 1.93. The van der Waals surface area contributed by atoms with Crippen LogP contribution in [0.4, 0.5) is 0 Å². The van der Waals surface area contributed by atoms with E-state index in [9.17, 15) is 4.79 Å². The van der Waals surface area contributed by atoms with E-state index < -0.39 is 0 Å². The Morgan fingerprint density at radius 3 is 2.60 bits per heavy atom. The number of hydrogen-bond donors (Lipinski definition) is 1. The number of hydrogen-bond acceptors (Lipinski definition) is 2. The van der Waals surface area contributed by atoms with Crippen LogP contribution in [0.2, 0.25) is 5.02 Å². The fourth-order valence-electron chi connectivity index (χ4n) is 2.41. The SMILES string of the molecule is C[C@H](NC(=O)/C=C/c1cnn(-c2ccccc2)c1)c1ccc(Cl)cc1. The van der Waals surface area contributed by atoms with Crippen LogP contribution in [-0.4, -0.2) is 15.7 Å². The summed E-state index contributed by atoms with van der Waals surface area (Å²) < 4.78 is 1.77. The van der Waals surface area contributed by atoms with Gasteiger partial charge < -0.3 is 5.32 Å². The molecule has 0 saturated heterocycles. The Morgan fingerprint density at radius 2 is 1.88 bits per heavy atom. The molecule has 0 aliphatic rings. The molecule has 3 rings (SSSR count). The van der Waals surface area contributed by atoms with Crippen molar-refractivity contribution in [2.75, 3.05) is 0 Å². The summed E-state index contributed by atoms with van der Waals surface area (Å²) >= 11 is 5.88. The van der Waals surface area contributed by atoms with Gasteiger partial charge in [0.2, 0.25) is 5.91 Å². The summed E-state index contributed by atoms with van der Waals surface area (Å²) in [6, 6.07) is 17.2. The molecule has 1 N–H and O–H groups in total. The van der Waals surface area contributed by atoms with Crippen LogP contribution >= 0.6 is 11.6 Å². The van der Waals surface area contributed by atoms with Crippen molar-refractivity contribution in [1.29, 1.82) is 0 Å². The molecule has 0 aliphatic heterocycles. The number of carbonyl (C=O) groups is 1. The fraction of sp³-hybridized carbons (Fsp3) is 0.100. The first-order chi connectivity index (χ1) is 12.1. The molecule has 0 unspecified atom stereocenters. The van der Waals surface area contributed by atoms with Gasteiger partial charge >= 0.3 is 0 Å². The quantitative estimate of drug-likeness (QED) is 0.692. The lowest BCUT2D eigenvalue weighted by Gasteiger charge is -2.12. The average molecular weight is 352 g/mol. The molecule has 25 heavy (non-hydrogen) atoms. The molecule has 1 heterocycles. The zero-order chi connectivity index (χ0) is 17.6. The Hall–Kier alpha value is -2.85. The van der Waals surface area contributed by atoms with E-state index in [1.165, 1.54) is 6.08 Å². The minimum absolute atomic E-state index is 0.0959. The maximum Gasteiger partial charge on any atom is 0.244 e. The van der Waals surface area contributed by atoms with Crippen molar-refractivity contribution >= 4 is 23.6 Å². The summed E-state index contributed by atoms with van der Waals surface area (Å²) in [6.07, 6.45) is 6.86. The summed E-state index contributed by atoms with van der Waals surface area (Å²) in [4.78, 5) is 12.1. The van der Waals surface area contributed by atoms with Gasteiger partial charge in [0.15, 0.2) is 0 Å². The highest BCUT2D eigenvalue weighted by molar-refractivity contribution is 6.30. The van der Waals surface area contributed by atoms with Gasteiger partial charge in [0.1, 0.15) is 0 Å². The second kappa shape index (κ2) is 7.81. The van der Waals surface area contributed by atoms with Crippen molar-refractivity contribution in [2.24, 2.45) is 0 Å². The molecule has 1 aromatic heterocycles. The van der Waals surface area contributed by atoms with Crippen molar-refractivity contribution in [3.8, 4) is 5.69 Å². The lowest BCUT2D eigenvalue weighted by molar-refractivity contribution is -0.117. The molecular weight excluding hydrogens is 334 g/mol. The number of benzene rings is 2. The Labute approximate surface area is 151 Å². The van der Waals surface area contributed by atoms with Crippen molar-refractivity contribution in [3.63, 3.8) is 0 Å². The van der Waals surface area contributed by atoms with E-state index in [1.807, 2.05) is 67.7 Å². The van der Waals surface area contributed by atoms with E-state index in [0.717, 1.165) is 16.8 Å². The Kier molecular flexibility index (Phi) is 5.31. The van der Waals surface area contributed by atoms with Gasteiger partial charge in [-0.05, 0) is 42.8 Å². The smallest absolute Gasteiger partial charge is 0.244 e. The van der Waals surface area contributed by atoms with Gasteiger partial charge in [-0.1, -0.05) is 41.9 Å². The molecule has 0 bridgehead atoms. The third-order valence-corrected chi connectivity index (χ3v) is 4.03. The first kappa shape index (κ1) is 17.0. The third kappa shape index (κ3) is 4.58. The van der Waals surface area contributed by atoms with Crippen LogP contribution in [0.1, 0.15) is 24.1 Å². The highest BCUT2D eigenvalue weighted by Gasteiger charge is 2.07. The van der Waals surface area contributed by atoms with Crippen LogP contribution in [0.15, 0.2) is 73.1 Å². The van der Waals surface area contributed by atoms with Gasteiger partial charge in [0.25, 0.3) is 0 Å².